The summed E-state index contributed by atoms with van der Waals surface area (Å²) in [5.41, 5.74) is 4.17. The number of amides is 1. The summed E-state index contributed by atoms with van der Waals surface area (Å²) >= 11 is 0. The van der Waals surface area contributed by atoms with Crippen molar-refractivity contribution in [1.29, 1.82) is 0 Å². The van der Waals surface area contributed by atoms with E-state index in [1.165, 1.54) is 17.7 Å². The molecule has 1 aromatic heterocycles. The van der Waals surface area contributed by atoms with E-state index in [4.69, 9.17) is 4.74 Å². The number of nitrogens with zero attached hydrogens (tertiary/aromatic N) is 3. The maximum atomic E-state index is 12.9. The van der Waals surface area contributed by atoms with E-state index in [2.05, 4.69) is 31.9 Å². The molecular weight excluding hydrogens is 338 g/mol. The van der Waals surface area contributed by atoms with E-state index in [1.54, 1.807) is 4.90 Å². The number of ether oxygens (including phenoxy) is 1. The van der Waals surface area contributed by atoms with Crippen LogP contribution in [0.15, 0.2) is 24.3 Å². The molecule has 5 heteroatoms. The molecule has 0 atom stereocenters. The van der Waals surface area contributed by atoms with Crippen LogP contribution in [0.2, 0.25) is 0 Å². The van der Waals surface area contributed by atoms with Crippen LogP contribution in [0, 0.1) is 0 Å². The van der Waals surface area contributed by atoms with Gasteiger partial charge in [-0.05, 0) is 42.7 Å². The Morgan fingerprint density at radius 1 is 1.22 bits per heavy atom. The molecule has 0 unspecified atom stereocenters. The second-order valence-corrected chi connectivity index (χ2v) is 8.43. The summed E-state index contributed by atoms with van der Waals surface area (Å²) in [4.78, 5) is 14.6. The van der Waals surface area contributed by atoms with Crippen LogP contribution in [0.4, 0.5) is 0 Å². The van der Waals surface area contributed by atoms with Gasteiger partial charge >= 0.3 is 0 Å². The third kappa shape index (κ3) is 4.18. The molecular formula is C22H31N3O2. The lowest BCUT2D eigenvalue weighted by molar-refractivity contribution is 0.0765. The first kappa shape index (κ1) is 19.5. The molecule has 1 aromatic carbocycles. The molecule has 0 saturated heterocycles. The number of aromatic nitrogens is 2. The van der Waals surface area contributed by atoms with Crippen molar-refractivity contribution in [2.45, 2.75) is 51.9 Å². The van der Waals surface area contributed by atoms with Crippen LogP contribution in [0.25, 0.3) is 0 Å². The molecule has 1 aliphatic rings. The van der Waals surface area contributed by atoms with Crippen LogP contribution in [-0.2, 0) is 25.3 Å². The van der Waals surface area contributed by atoms with Crippen molar-refractivity contribution in [1.82, 2.24) is 14.7 Å². The van der Waals surface area contributed by atoms with Crippen LogP contribution in [0.3, 0.4) is 0 Å². The zero-order valence-corrected chi connectivity index (χ0v) is 17.2. The van der Waals surface area contributed by atoms with Crippen LogP contribution in [0.1, 0.15) is 60.9 Å². The Morgan fingerprint density at radius 2 is 1.93 bits per heavy atom. The first-order chi connectivity index (χ1) is 12.8. The van der Waals surface area contributed by atoms with Crippen molar-refractivity contribution in [3.63, 3.8) is 0 Å². The van der Waals surface area contributed by atoms with E-state index in [0.29, 0.717) is 18.8 Å². The first-order valence-corrected chi connectivity index (χ1v) is 9.81. The second kappa shape index (κ2) is 7.75. The van der Waals surface area contributed by atoms with Crippen molar-refractivity contribution in [3.05, 3.63) is 46.8 Å². The van der Waals surface area contributed by atoms with Gasteiger partial charge < -0.3 is 9.64 Å². The third-order valence-electron chi connectivity index (χ3n) is 5.29. The molecule has 5 nitrogen and oxygen atoms in total. The molecule has 0 bridgehead atoms. The van der Waals surface area contributed by atoms with Gasteiger partial charge in [0.1, 0.15) is 12.4 Å². The lowest BCUT2D eigenvalue weighted by Crippen LogP contribution is -2.32. The van der Waals surface area contributed by atoms with Crippen molar-refractivity contribution in [3.8, 4) is 5.75 Å². The van der Waals surface area contributed by atoms with Crippen molar-refractivity contribution in [2.24, 2.45) is 7.05 Å². The Balaban J connectivity index is 1.64. The molecule has 3 rings (SSSR count). The maximum absolute atomic E-state index is 12.9. The topological polar surface area (TPSA) is 47.4 Å². The number of hydrogen-bond donors (Lipinski definition) is 0. The van der Waals surface area contributed by atoms with Gasteiger partial charge in [-0.15, -0.1) is 0 Å². The summed E-state index contributed by atoms with van der Waals surface area (Å²) in [6.45, 7) is 7.52. The Kier molecular flexibility index (Phi) is 5.59. The van der Waals surface area contributed by atoms with E-state index >= 15 is 0 Å². The molecule has 1 aliphatic carbocycles. The summed E-state index contributed by atoms with van der Waals surface area (Å²) in [6, 6.07) is 8.12. The molecule has 0 spiro atoms. The van der Waals surface area contributed by atoms with Crippen molar-refractivity contribution < 1.29 is 9.53 Å². The highest BCUT2D eigenvalue weighted by Crippen LogP contribution is 2.31. The summed E-state index contributed by atoms with van der Waals surface area (Å²) < 4.78 is 7.90. The van der Waals surface area contributed by atoms with Gasteiger partial charge in [-0.1, -0.05) is 39.0 Å². The number of para-hydroxylation sites is 1. The first-order valence-electron chi connectivity index (χ1n) is 9.81. The molecule has 146 valence electrons. The zero-order valence-electron chi connectivity index (χ0n) is 17.2. The minimum atomic E-state index is -0.0125. The fourth-order valence-corrected chi connectivity index (χ4v) is 3.73. The minimum Gasteiger partial charge on any atom is -0.491 e. The highest BCUT2D eigenvalue weighted by Gasteiger charge is 2.26. The van der Waals surface area contributed by atoms with Crippen molar-refractivity contribution in [2.75, 3.05) is 20.2 Å². The van der Waals surface area contributed by atoms with Gasteiger partial charge in [0.25, 0.3) is 5.91 Å². The summed E-state index contributed by atoms with van der Waals surface area (Å²) in [5, 5.41) is 4.51. The Bertz CT molecular complexity index is 817. The molecule has 0 N–H and O–H groups in total. The fraction of sp³-hybridized carbons (Fsp3) is 0.545. The SMILES string of the molecule is CN(CCOc1ccccc1C(C)(C)C)C(=O)c1nn(C)c2c1CCCC2. The summed E-state index contributed by atoms with van der Waals surface area (Å²) in [6.07, 6.45) is 4.28. The van der Waals surface area contributed by atoms with Gasteiger partial charge in [0.2, 0.25) is 0 Å². The van der Waals surface area contributed by atoms with Crippen LogP contribution in [-0.4, -0.2) is 40.8 Å². The number of carbonyl (C=O) groups is 1. The van der Waals surface area contributed by atoms with E-state index in [1.807, 2.05) is 37.0 Å². The Hall–Kier alpha value is -2.30. The smallest absolute Gasteiger partial charge is 0.274 e. The number of aryl methyl sites for hydroxylation is 1. The number of fused-ring (bicyclic) bond motifs is 1. The van der Waals surface area contributed by atoms with E-state index in [0.717, 1.165) is 30.6 Å². The molecule has 0 radical (unpaired) electrons. The molecule has 0 saturated carbocycles. The second-order valence-electron chi connectivity index (χ2n) is 8.43. The molecule has 0 fully saturated rings. The maximum Gasteiger partial charge on any atom is 0.274 e. The quantitative estimate of drug-likeness (QED) is 0.806. The lowest BCUT2D eigenvalue weighted by atomic mass is 9.86. The highest BCUT2D eigenvalue weighted by molar-refractivity contribution is 5.94. The van der Waals surface area contributed by atoms with Gasteiger partial charge in [0, 0.05) is 25.4 Å². The van der Waals surface area contributed by atoms with Gasteiger partial charge in [0.05, 0.1) is 6.54 Å². The fourth-order valence-electron chi connectivity index (χ4n) is 3.73. The summed E-state index contributed by atoms with van der Waals surface area (Å²) in [7, 11) is 3.76. The third-order valence-corrected chi connectivity index (χ3v) is 5.29. The Morgan fingerprint density at radius 3 is 2.67 bits per heavy atom. The molecule has 1 heterocycles. The van der Waals surface area contributed by atoms with Gasteiger partial charge in [-0.25, -0.2) is 0 Å². The highest BCUT2D eigenvalue weighted by atomic mass is 16.5. The molecule has 2 aromatic rings. The average Bonchev–Trinajstić information content (AvgIpc) is 2.98. The van der Waals surface area contributed by atoms with Crippen LogP contribution < -0.4 is 4.74 Å². The number of benzene rings is 1. The standard InChI is InChI=1S/C22H31N3O2/c1-22(2,3)17-11-7-9-13-19(17)27-15-14-24(4)21(26)20-16-10-6-8-12-18(16)25(5)23-20/h7,9,11,13H,6,8,10,12,14-15H2,1-5H3. The number of likely N-dealkylation sites (N-methyl/N-ethyl adjacent to an activating group) is 1. The minimum absolute atomic E-state index is 0.0125. The van der Waals surface area contributed by atoms with E-state index in [9.17, 15) is 4.79 Å². The number of hydrogen-bond acceptors (Lipinski definition) is 3. The molecule has 1 amide bonds. The molecule has 27 heavy (non-hydrogen) atoms. The predicted molar refractivity (Wildman–Crippen MR) is 107 cm³/mol. The number of rotatable bonds is 5. The van der Waals surface area contributed by atoms with Crippen LogP contribution >= 0.6 is 0 Å². The van der Waals surface area contributed by atoms with Gasteiger partial charge in [0.15, 0.2) is 5.69 Å². The van der Waals surface area contributed by atoms with Gasteiger partial charge in [-0.2, -0.15) is 5.10 Å². The largest absolute Gasteiger partial charge is 0.491 e. The normalized spacial score (nSPS) is 14.0. The zero-order chi connectivity index (χ0) is 19.6. The van der Waals surface area contributed by atoms with Crippen LogP contribution in [0.5, 0.6) is 5.75 Å². The van der Waals surface area contributed by atoms with Crippen molar-refractivity contribution >= 4 is 5.91 Å². The average molecular weight is 370 g/mol. The monoisotopic (exact) mass is 369 g/mol. The molecule has 0 aliphatic heterocycles. The predicted octanol–water partition coefficient (Wildman–Crippen LogP) is 3.75. The van der Waals surface area contributed by atoms with E-state index in [-0.39, 0.29) is 11.3 Å². The lowest BCUT2D eigenvalue weighted by Gasteiger charge is -2.23. The number of carbonyl (C=O) groups excluding carboxylic acids is 1. The summed E-state index contributed by atoms with van der Waals surface area (Å²) in [5.74, 6) is 0.877. The van der Waals surface area contributed by atoms with Gasteiger partial charge in [-0.3, -0.25) is 9.48 Å². The van der Waals surface area contributed by atoms with E-state index < -0.39 is 0 Å². The Labute approximate surface area is 162 Å².